The van der Waals surface area contributed by atoms with E-state index >= 15 is 0 Å². The molecule has 0 amide bonds. The number of ketones is 1. The van der Waals surface area contributed by atoms with E-state index in [9.17, 15) is 18.4 Å². The maximum atomic E-state index is 11.8. The summed E-state index contributed by atoms with van der Waals surface area (Å²) in [5.41, 5.74) is 0.582. The van der Waals surface area contributed by atoms with Crippen molar-refractivity contribution in [2.45, 2.75) is 19.8 Å². The van der Waals surface area contributed by atoms with Gasteiger partial charge in [0.1, 0.15) is 0 Å². The summed E-state index contributed by atoms with van der Waals surface area (Å²) in [6.07, 6.45) is 1.05. The van der Waals surface area contributed by atoms with Crippen molar-refractivity contribution in [2.75, 3.05) is 0 Å². The Kier molecular flexibility index (Phi) is 6.61. The van der Waals surface area contributed by atoms with Crippen LogP contribution in [0.1, 0.15) is 40.5 Å². The molecule has 0 aliphatic carbocycles. The monoisotopic (exact) mass is 382 g/mol. The quantitative estimate of drug-likeness (QED) is 0.251. The Hall–Kier alpha value is -0.640. The van der Waals surface area contributed by atoms with E-state index in [1.54, 1.807) is 18.2 Å². The van der Waals surface area contributed by atoms with Gasteiger partial charge in [-0.05, 0) is 0 Å². The van der Waals surface area contributed by atoms with Crippen molar-refractivity contribution in [1.29, 1.82) is 0 Å². The van der Waals surface area contributed by atoms with Crippen LogP contribution in [0, 0.1) is 0 Å². The summed E-state index contributed by atoms with van der Waals surface area (Å²) < 4.78 is 24.4. The van der Waals surface area contributed by atoms with Crippen LogP contribution in [0.3, 0.4) is 0 Å². The number of benzene rings is 1. The molecule has 0 spiro atoms. The van der Waals surface area contributed by atoms with Crippen LogP contribution < -0.4 is 21.6 Å². The molecule has 5 nitrogen and oxygen atoms in total. The summed E-state index contributed by atoms with van der Waals surface area (Å²) in [6.45, 7) is 1.87. The van der Waals surface area contributed by atoms with Gasteiger partial charge in [0.2, 0.25) is 0 Å². The Morgan fingerprint density at radius 1 is 1.33 bits per heavy atom. The van der Waals surface area contributed by atoms with Gasteiger partial charge in [-0.2, -0.15) is 0 Å². The second kappa shape index (κ2) is 7.72. The number of rotatable bonds is 7. The summed E-state index contributed by atoms with van der Waals surface area (Å²) in [4.78, 5) is 23.6. The molecule has 0 aliphatic heterocycles. The summed E-state index contributed by atoms with van der Waals surface area (Å²) in [5.74, 6) is -0.117. The summed E-state index contributed by atoms with van der Waals surface area (Å²) in [5, 5.41) is 0. The van der Waals surface area contributed by atoms with Gasteiger partial charge in [-0.25, -0.2) is 0 Å². The molecule has 0 saturated carbocycles. The summed E-state index contributed by atoms with van der Waals surface area (Å²) >= 11 is -4.30. The van der Waals surface area contributed by atoms with Gasteiger partial charge >= 0.3 is 119 Å². The molecule has 1 aromatic rings. The third kappa shape index (κ3) is 4.56. The predicted molar refractivity (Wildman–Crippen MR) is 60.0 cm³/mol. The Labute approximate surface area is 118 Å². The zero-order valence-corrected chi connectivity index (χ0v) is 12.5. The van der Waals surface area contributed by atoms with Crippen LogP contribution in [-0.4, -0.2) is 18.3 Å². The Morgan fingerprint density at radius 3 is 2.50 bits per heavy atom. The van der Waals surface area contributed by atoms with E-state index in [1.165, 1.54) is 6.07 Å². The van der Waals surface area contributed by atoms with Gasteiger partial charge in [0.25, 0.3) is 0 Å². The van der Waals surface area contributed by atoms with Gasteiger partial charge < -0.3 is 0 Å². The van der Waals surface area contributed by atoms with Gasteiger partial charge in [-0.3, -0.25) is 0 Å². The fraction of sp³-hybridized carbons (Fsp3) is 0.273. The molecule has 1 rings (SSSR count). The van der Waals surface area contributed by atoms with Crippen molar-refractivity contribution >= 4 is 20.9 Å². The fourth-order valence-electron chi connectivity index (χ4n) is 1.36. The minimum atomic E-state index is -2.69. The van der Waals surface area contributed by atoms with Crippen LogP contribution in [0.25, 0.3) is 0 Å². The second-order valence-corrected chi connectivity index (χ2v) is 6.37. The van der Waals surface area contributed by atoms with E-state index in [0.29, 0.717) is 18.4 Å². The van der Waals surface area contributed by atoms with Crippen LogP contribution in [-0.2, 0) is 13.9 Å². The molecule has 0 radical (unpaired) electrons. The maximum absolute atomic E-state index is 11.8. The third-order valence-electron chi connectivity index (χ3n) is 2.07. The first-order chi connectivity index (χ1) is 8.56. The number of hydrogen-bond acceptors (Lipinski definition) is 5. The van der Waals surface area contributed by atoms with E-state index in [2.05, 4.69) is 2.51 Å². The van der Waals surface area contributed by atoms with E-state index in [1.807, 2.05) is 6.92 Å². The Bertz CT molecular complexity index is 474. The molecular formula is C11H11IO5S-2. The molecule has 0 aliphatic rings. The molecule has 0 fully saturated rings. The van der Waals surface area contributed by atoms with Crippen LogP contribution in [0.2, 0.25) is 0 Å². The molecule has 18 heavy (non-hydrogen) atoms. The average Bonchev–Trinajstić information content (AvgIpc) is 2.36. The molecule has 0 saturated heterocycles. The van der Waals surface area contributed by atoms with Crippen LogP contribution in [0.5, 0.6) is 0 Å². The molecule has 7 heteroatoms. The van der Waals surface area contributed by atoms with Crippen LogP contribution >= 0.6 is 0 Å². The zero-order chi connectivity index (χ0) is 13.5. The standard InChI is InChI=1S/C11H12IO5S/c1-2-5-10(13)8-6-3-4-7-9(8)11(14)12-17-18(15)16/h3-4,6-7H,2,5H2,1H3,(H,15,16)/q-1/p-1. The molecule has 0 heterocycles. The van der Waals surface area contributed by atoms with Crippen molar-refractivity contribution in [2.24, 2.45) is 0 Å². The van der Waals surface area contributed by atoms with E-state index < -0.39 is 36.8 Å². The molecule has 1 unspecified atom stereocenters. The number of carbonyl (C=O) groups is 2. The topological polar surface area (TPSA) is 83.5 Å². The van der Waals surface area contributed by atoms with Crippen molar-refractivity contribution < 1.29 is 42.5 Å². The SMILES string of the molecule is CCCC(=O)c1ccccc1C(=O)[I-]OS(=O)[O-]. The number of Topliss-reactive ketones (excluding diaryl/α,β-unsaturated/α-hetero) is 1. The molecular weight excluding hydrogens is 371 g/mol. The average molecular weight is 382 g/mol. The predicted octanol–water partition coefficient (Wildman–Crippen LogP) is -1.38. The van der Waals surface area contributed by atoms with Crippen LogP contribution in [0.4, 0.5) is 0 Å². The fourth-order valence-corrected chi connectivity index (χ4v) is 3.10. The Morgan fingerprint density at radius 2 is 1.94 bits per heavy atom. The van der Waals surface area contributed by atoms with Crippen molar-refractivity contribution in [3.63, 3.8) is 0 Å². The van der Waals surface area contributed by atoms with E-state index in [-0.39, 0.29) is 11.3 Å². The van der Waals surface area contributed by atoms with Gasteiger partial charge in [-0.15, -0.1) is 0 Å². The molecule has 0 N–H and O–H groups in total. The van der Waals surface area contributed by atoms with Crippen molar-refractivity contribution in [3.8, 4) is 0 Å². The van der Waals surface area contributed by atoms with Gasteiger partial charge in [0.05, 0.1) is 0 Å². The second-order valence-electron chi connectivity index (χ2n) is 3.34. The number of carbonyl (C=O) groups excluding carboxylic acids is 2. The first-order valence-electron chi connectivity index (χ1n) is 5.14. The first-order valence-corrected chi connectivity index (χ1v) is 8.10. The summed E-state index contributed by atoms with van der Waals surface area (Å²) in [7, 11) is 0. The van der Waals surface area contributed by atoms with Crippen molar-refractivity contribution in [3.05, 3.63) is 35.4 Å². The Balaban J connectivity index is 2.91. The number of hydrogen-bond donors (Lipinski definition) is 0. The van der Waals surface area contributed by atoms with E-state index in [4.69, 9.17) is 0 Å². The zero-order valence-electron chi connectivity index (χ0n) is 9.55. The normalized spacial score (nSPS) is 12.3. The van der Waals surface area contributed by atoms with Crippen molar-refractivity contribution in [1.82, 2.24) is 0 Å². The van der Waals surface area contributed by atoms with Crippen LogP contribution in [0.15, 0.2) is 24.3 Å². The summed E-state index contributed by atoms with van der Waals surface area (Å²) in [6, 6.07) is 6.39. The number of halogens is 1. The molecule has 100 valence electrons. The molecule has 1 atom stereocenters. The first kappa shape index (κ1) is 15.4. The molecule has 0 bridgehead atoms. The molecule has 0 aromatic heterocycles. The third-order valence-corrected chi connectivity index (χ3v) is 4.64. The molecule has 1 aromatic carbocycles. The minimum absolute atomic E-state index is 0.117. The van der Waals surface area contributed by atoms with Gasteiger partial charge in [-0.1, -0.05) is 0 Å². The van der Waals surface area contributed by atoms with Gasteiger partial charge in [0.15, 0.2) is 0 Å². The van der Waals surface area contributed by atoms with Gasteiger partial charge in [0, 0.05) is 0 Å². The van der Waals surface area contributed by atoms with E-state index in [0.717, 1.165) is 0 Å².